The van der Waals surface area contributed by atoms with Gasteiger partial charge in [-0.2, -0.15) is 0 Å². The summed E-state index contributed by atoms with van der Waals surface area (Å²) in [5.74, 6) is 0.138. The van der Waals surface area contributed by atoms with Gasteiger partial charge in [0.05, 0.1) is 12.6 Å². The zero-order chi connectivity index (χ0) is 21.3. The fourth-order valence-electron chi connectivity index (χ4n) is 4.72. The molecule has 2 fully saturated rings. The smallest absolute Gasteiger partial charge is 0.237 e. The third-order valence-corrected chi connectivity index (χ3v) is 6.57. The number of carbonyl (C=O) groups excluding carboxylic acids is 1. The topological polar surface area (TPSA) is 56.8 Å². The average molecular weight is 437 g/mol. The largest absolute Gasteiger partial charge is 0.383 e. The third-order valence-electron chi connectivity index (χ3n) is 6.32. The molecule has 1 aromatic carbocycles. The number of ether oxygens (including phenoxy) is 1. The number of nitrogens with zero attached hydrogens (tertiary/aromatic N) is 2. The van der Waals surface area contributed by atoms with E-state index in [4.69, 9.17) is 16.3 Å². The van der Waals surface area contributed by atoms with Crippen molar-refractivity contribution in [2.24, 2.45) is 0 Å². The maximum absolute atomic E-state index is 12.9. The van der Waals surface area contributed by atoms with E-state index >= 15 is 0 Å². The Morgan fingerprint density at radius 1 is 1.23 bits per heavy atom. The van der Waals surface area contributed by atoms with Gasteiger partial charge < -0.3 is 20.3 Å². The van der Waals surface area contributed by atoms with Gasteiger partial charge in [-0.05, 0) is 63.0 Å². The Bertz CT molecular complexity index is 649. The number of nitrogens with one attached hydrogen (secondary N) is 2. The molecule has 0 bridgehead atoms. The molecule has 7 heteroatoms. The van der Waals surface area contributed by atoms with Crippen LogP contribution in [0.15, 0.2) is 24.3 Å². The summed E-state index contributed by atoms with van der Waals surface area (Å²) in [6.07, 6.45) is 4.34. The van der Waals surface area contributed by atoms with Crippen LogP contribution >= 0.6 is 11.6 Å². The molecule has 0 radical (unpaired) electrons. The molecule has 2 aliphatic heterocycles. The molecule has 0 spiro atoms. The molecule has 0 saturated carbocycles. The lowest BCUT2D eigenvalue weighted by Gasteiger charge is -2.39. The highest BCUT2D eigenvalue weighted by molar-refractivity contribution is 6.30. The van der Waals surface area contributed by atoms with Crippen molar-refractivity contribution in [3.63, 3.8) is 0 Å². The Morgan fingerprint density at radius 2 is 1.97 bits per heavy atom. The molecule has 2 N–H and O–H groups in total. The van der Waals surface area contributed by atoms with Crippen LogP contribution in [0, 0.1) is 0 Å². The molecule has 2 saturated heterocycles. The first-order chi connectivity index (χ1) is 14.6. The molecule has 1 aromatic rings. The summed E-state index contributed by atoms with van der Waals surface area (Å²) in [7, 11) is 1.66. The number of hydrogen-bond acceptors (Lipinski definition) is 5. The summed E-state index contributed by atoms with van der Waals surface area (Å²) in [6.45, 7) is 8.52. The first kappa shape index (κ1) is 23.5. The van der Waals surface area contributed by atoms with Crippen LogP contribution < -0.4 is 10.6 Å². The highest BCUT2D eigenvalue weighted by atomic mass is 35.5. The van der Waals surface area contributed by atoms with Gasteiger partial charge in [-0.15, -0.1) is 0 Å². The van der Waals surface area contributed by atoms with Gasteiger partial charge in [0.2, 0.25) is 5.91 Å². The number of methoxy groups -OCH3 is 1. The van der Waals surface area contributed by atoms with Crippen molar-refractivity contribution in [3.8, 4) is 0 Å². The molecule has 0 unspecified atom stereocenters. The van der Waals surface area contributed by atoms with E-state index in [2.05, 4.69) is 39.5 Å². The van der Waals surface area contributed by atoms with Crippen molar-refractivity contribution < 1.29 is 9.53 Å². The number of benzene rings is 1. The molecule has 168 valence electrons. The van der Waals surface area contributed by atoms with E-state index < -0.39 is 0 Å². The van der Waals surface area contributed by atoms with E-state index in [1.807, 2.05) is 12.1 Å². The Balaban J connectivity index is 1.58. The number of rotatable bonds is 10. The third kappa shape index (κ3) is 6.66. The van der Waals surface area contributed by atoms with Gasteiger partial charge in [-0.25, -0.2) is 0 Å². The Labute approximate surface area is 186 Å². The molecule has 0 aliphatic carbocycles. The summed E-state index contributed by atoms with van der Waals surface area (Å²) in [6, 6.07) is 8.70. The van der Waals surface area contributed by atoms with Crippen LogP contribution in [0.25, 0.3) is 0 Å². The van der Waals surface area contributed by atoms with Crippen LogP contribution in [0.1, 0.15) is 38.2 Å². The van der Waals surface area contributed by atoms with E-state index in [0.29, 0.717) is 25.2 Å². The number of carbonyl (C=O) groups is 1. The number of amides is 1. The SMILES string of the molecule is CCCN1CCC(N2C[C@H](NCc3ccc(Cl)cc3)C[C@H]2C(=O)NCCOC)CC1. The highest BCUT2D eigenvalue weighted by Gasteiger charge is 2.40. The fraction of sp³-hybridized carbons (Fsp3) is 0.696. The first-order valence-corrected chi connectivity index (χ1v) is 11.7. The molecule has 3 rings (SSSR count). The number of hydrogen-bond donors (Lipinski definition) is 2. The van der Waals surface area contributed by atoms with Crippen molar-refractivity contribution in [2.75, 3.05) is 46.4 Å². The lowest BCUT2D eigenvalue weighted by Crippen LogP contribution is -2.51. The minimum absolute atomic E-state index is 0.0627. The summed E-state index contributed by atoms with van der Waals surface area (Å²) >= 11 is 6.00. The molecule has 0 aromatic heterocycles. The predicted octanol–water partition coefficient (Wildman–Crippen LogP) is 2.51. The lowest BCUT2D eigenvalue weighted by molar-refractivity contribution is -0.126. The van der Waals surface area contributed by atoms with E-state index in [-0.39, 0.29) is 11.9 Å². The second-order valence-corrected chi connectivity index (χ2v) is 8.95. The van der Waals surface area contributed by atoms with Gasteiger partial charge in [-0.3, -0.25) is 9.69 Å². The van der Waals surface area contributed by atoms with Crippen LogP contribution in [0.4, 0.5) is 0 Å². The van der Waals surface area contributed by atoms with Crippen molar-refractivity contribution in [3.05, 3.63) is 34.9 Å². The second-order valence-electron chi connectivity index (χ2n) is 8.51. The van der Waals surface area contributed by atoms with Crippen molar-refractivity contribution in [1.82, 2.24) is 20.4 Å². The van der Waals surface area contributed by atoms with Gasteiger partial charge in [0, 0.05) is 43.9 Å². The van der Waals surface area contributed by atoms with E-state index in [9.17, 15) is 4.79 Å². The van der Waals surface area contributed by atoms with Gasteiger partial charge in [0.25, 0.3) is 0 Å². The summed E-state index contributed by atoms with van der Waals surface area (Å²) in [5.41, 5.74) is 1.21. The van der Waals surface area contributed by atoms with Crippen LogP contribution in [0.3, 0.4) is 0 Å². The fourth-order valence-corrected chi connectivity index (χ4v) is 4.85. The van der Waals surface area contributed by atoms with Crippen LogP contribution in [0.2, 0.25) is 5.02 Å². The van der Waals surface area contributed by atoms with Crippen molar-refractivity contribution in [1.29, 1.82) is 0 Å². The van der Waals surface area contributed by atoms with E-state index in [1.165, 1.54) is 18.5 Å². The minimum Gasteiger partial charge on any atom is -0.383 e. The summed E-state index contributed by atoms with van der Waals surface area (Å²) in [5, 5.41) is 7.49. The van der Waals surface area contributed by atoms with Crippen LogP contribution in [-0.2, 0) is 16.1 Å². The second kappa shape index (κ2) is 12.0. The number of likely N-dealkylation sites (tertiary alicyclic amines) is 2. The molecule has 2 aliphatic rings. The van der Waals surface area contributed by atoms with E-state index in [0.717, 1.165) is 50.5 Å². The van der Waals surface area contributed by atoms with Crippen LogP contribution in [-0.4, -0.2) is 80.3 Å². The Morgan fingerprint density at radius 3 is 2.63 bits per heavy atom. The van der Waals surface area contributed by atoms with Crippen molar-refractivity contribution >= 4 is 17.5 Å². The van der Waals surface area contributed by atoms with Crippen molar-refractivity contribution in [2.45, 2.75) is 57.3 Å². The highest BCUT2D eigenvalue weighted by Crippen LogP contribution is 2.27. The Kier molecular flexibility index (Phi) is 9.40. The van der Waals surface area contributed by atoms with Gasteiger partial charge in [0.1, 0.15) is 0 Å². The first-order valence-electron chi connectivity index (χ1n) is 11.3. The van der Waals surface area contributed by atoms with Crippen LogP contribution in [0.5, 0.6) is 0 Å². The molecule has 1 amide bonds. The monoisotopic (exact) mass is 436 g/mol. The number of piperidine rings is 1. The standard InChI is InChI=1S/C23H37ClN4O2/c1-3-11-27-12-8-21(9-13-27)28-17-20(15-22(28)23(29)25-10-14-30-2)26-16-18-4-6-19(24)7-5-18/h4-7,20-22,26H,3,8-17H2,1-2H3,(H,25,29)/t20-,22+/m1/s1. The average Bonchev–Trinajstić information content (AvgIpc) is 3.19. The number of halogens is 1. The lowest BCUT2D eigenvalue weighted by atomic mass is 10.0. The summed E-state index contributed by atoms with van der Waals surface area (Å²) < 4.78 is 5.09. The molecular weight excluding hydrogens is 400 g/mol. The maximum Gasteiger partial charge on any atom is 0.237 e. The van der Waals surface area contributed by atoms with Gasteiger partial charge in [0.15, 0.2) is 0 Å². The zero-order valence-corrected chi connectivity index (χ0v) is 19.2. The predicted molar refractivity (Wildman–Crippen MR) is 122 cm³/mol. The van der Waals surface area contributed by atoms with E-state index in [1.54, 1.807) is 7.11 Å². The normalized spacial score (nSPS) is 23.7. The quantitative estimate of drug-likeness (QED) is 0.552. The maximum atomic E-state index is 12.9. The summed E-state index contributed by atoms with van der Waals surface area (Å²) in [4.78, 5) is 18.0. The Hall–Kier alpha value is -1.18. The molecule has 2 heterocycles. The van der Waals surface area contributed by atoms with Gasteiger partial charge >= 0.3 is 0 Å². The molecule has 2 atom stereocenters. The minimum atomic E-state index is -0.0627. The zero-order valence-electron chi connectivity index (χ0n) is 18.4. The molecule has 6 nitrogen and oxygen atoms in total. The molecule has 30 heavy (non-hydrogen) atoms. The molecular formula is C23H37ClN4O2. The van der Waals surface area contributed by atoms with Gasteiger partial charge in [-0.1, -0.05) is 30.7 Å².